The molecule has 8 heteroatoms. The number of aromatic amines is 1. The Morgan fingerprint density at radius 3 is 2.73 bits per heavy atom. The molecule has 0 radical (unpaired) electrons. The highest BCUT2D eigenvalue weighted by molar-refractivity contribution is 5.82. The summed E-state index contributed by atoms with van der Waals surface area (Å²) in [5.74, 6) is 1.44. The number of likely N-dealkylation sites (N-methyl/N-ethyl adjacent to an activating group) is 1. The van der Waals surface area contributed by atoms with Gasteiger partial charge < -0.3 is 19.8 Å². The van der Waals surface area contributed by atoms with Crippen LogP contribution in [0.5, 0.6) is 11.5 Å². The molecule has 4 rings (SSSR count). The zero-order valence-corrected chi connectivity index (χ0v) is 19.3. The second-order valence-corrected chi connectivity index (χ2v) is 8.25. The molecule has 0 bridgehead atoms. The zero-order chi connectivity index (χ0) is 23.4. The van der Waals surface area contributed by atoms with Crippen molar-refractivity contribution in [3.8, 4) is 11.5 Å². The van der Waals surface area contributed by atoms with Gasteiger partial charge >= 0.3 is 0 Å². The summed E-state index contributed by atoms with van der Waals surface area (Å²) < 4.78 is 10.6. The van der Waals surface area contributed by atoms with Crippen LogP contribution in [0.2, 0.25) is 0 Å². The number of aryl methyl sites for hydroxylation is 1. The molecule has 0 aliphatic heterocycles. The Morgan fingerprint density at radius 1 is 1.21 bits per heavy atom. The minimum absolute atomic E-state index is 0.0342. The highest BCUT2D eigenvalue weighted by Gasteiger charge is 2.22. The number of hydrogen-bond acceptors (Lipinski definition) is 6. The van der Waals surface area contributed by atoms with E-state index in [0.29, 0.717) is 41.3 Å². The molecule has 1 aromatic heterocycles. The third-order valence-corrected chi connectivity index (χ3v) is 6.15. The van der Waals surface area contributed by atoms with E-state index in [2.05, 4.69) is 27.4 Å². The summed E-state index contributed by atoms with van der Waals surface area (Å²) in [7, 11) is 3.07. The molecule has 1 atom stereocenters. The van der Waals surface area contributed by atoms with Gasteiger partial charge in [-0.1, -0.05) is 31.2 Å². The van der Waals surface area contributed by atoms with Crippen molar-refractivity contribution in [1.29, 1.82) is 0 Å². The predicted molar refractivity (Wildman–Crippen MR) is 127 cm³/mol. The number of carbonyl (C=O) groups is 1. The Morgan fingerprint density at radius 2 is 1.97 bits per heavy atom. The molecule has 0 saturated heterocycles. The van der Waals surface area contributed by atoms with Crippen LogP contribution in [0.1, 0.15) is 42.8 Å². The first-order chi connectivity index (χ1) is 16.0. The molecular formula is C25H30N4O4. The standard InChI is InChI=1S/C25H30N4O4/c1-4-29(15-24(30)27-19-11-7-9-16-8-5-6-10-17(16)19)14-23-26-20-13-22(33-3)21(32-2)12-18(20)25(31)28-23/h5-6,8,10,12-13,19H,4,7,9,11,14-15H2,1-3H3,(H,27,30)(H,26,28,31). The lowest BCUT2D eigenvalue weighted by atomic mass is 9.88. The first-order valence-electron chi connectivity index (χ1n) is 11.3. The number of benzene rings is 2. The lowest BCUT2D eigenvalue weighted by molar-refractivity contribution is -0.123. The van der Waals surface area contributed by atoms with E-state index < -0.39 is 0 Å². The van der Waals surface area contributed by atoms with Gasteiger partial charge in [-0.3, -0.25) is 14.5 Å². The Kier molecular flexibility index (Phi) is 6.93. The summed E-state index contributed by atoms with van der Waals surface area (Å²) in [6, 6.07) is 11.7. The highest BCUT2D eigenvalue weighted by Crippen LogP contribution is 2.30. The Balaban J connectivity index is 1.47. The summed E-state index contributed by atoms with van der Waals surface area (Å²) >= 11 is 0. The van der Waals surface area contributed by atoms with E-state index in [1.165, 1.54) is 18.2 Å². The van der Waals surface area contributed by atoms with Gasteiger partial charge in [0, 0.05) is 6.07 Å². The van der Waals surface area contributed by atoms with Gasteiger partial charge in [-0.2, -0.15) is 0 Å². The molecule has 8 nitrogen and oxygen atoms in total. The lowest BCUT2D eigenvalue weighted by Gasteiger charge is -2.27. The van der Waals surface area contributed by atoms with Gasteiger partial charge in [-0.05, 0) is 43.0 Å². The fourth-order valence-electron chi connectivity index (χ4n) is 4.43. The number of aromatic nitrogens is 2. The van der Waals surface area contributed by atoms with Crippen molar-refractivity contribution in [3.63, 3.8) is 0 Å². The van der Waals surface area contributed by atoms with Crippen molar-refractivity contribution in [1.82, 2.24) is 20.2 Å². The molecule has 2 aromatic carbocycles. The predicted octanol–water partition coefficient (Wildman–Crippen LogP) is 2.96. The molecule has 1 aliphatic carbocycles. The van der Waals surface area contributed by atoms with E-state index in [1.54, 1.807) is 19.2 Å². The molecular weight excluding hydrogens is 420 g/mol. The number of rotatable bonds is 8. The Hall–Kier alpha value is -3.39. The quantitative estimate of drug-likeness (QED) is 0.548. The number of methoxy groups -OCH3 is 2. The van der Waals surface area contributed by atoms with Gasteiger partial charge in [0.15, 0.2) is 11.5 Å². The number of ether oxygens (including phenoxy) is 2. The number of amides is 1. The normalized spacial score (nSPS) is 15.3. The molecule has 1 amide bonds. The molecule has 174 valence electrons. The van der Waals surface area contributed by atoms with Crippen LogP contribution in [0.15, 0.2) is 41.2 Å². The average molecular weight is 451 g/mol. The molecule has 1 aliphatic rings. The average Bonchev–Trinajstić information content (AvgIpc) is 2.83. The Labute approximate surface area is 192 Å². The van der Waals surface area contributed by atoms with E-state index in [4.69, 9.17) is 9.47 Å². The summed E-state index contributed by atoms with van der Waals surface area (Å²) in [5, 5.41) is 3.62. The van der Waals surface area contributed by atoms with Gasteiger partial charge in [0.1, 0.15) is 5.82 Å². The number of hydrogen-bond donors (Lipinski definition) is 2. The van der Waals surface area contributed by atoms with E-state index in [0.717, 1.165) is 19.3 Å². The first kappa shape index (κ1) is 22.8. The van der Waals surface area contributed by atoms with Crippen LogP contribution in [0.4, 0.5) is 0 Å². The van der Waals surface area contributed by atoms with Gasteiger partial charge in [-0.25, -0.2) is 4.98 Å². The maximum absolute atomic E-state index is 12.8. The molecule has 0 spiro atoms. The van der Waals surface area contributed by atoms with Crippen LogP contribution < -0.4 is 20.3 Å². The van der Waals surface area contributed by atoms with E-state index in [-0.39, 0.29) is 24.1 Å². The summed E-state index contributed by atoms with van der Waals surface area (Å²) in [5.41, 5.74) is 2.79. The third-order valence-electron chi connectivity index (χ3n) is 6.15. The highest BCUT2D eigenvalue weighted by atomic mass is 16.5. The summed E-state index contributed by atoms with van der Waals surface area (Å²) in [4.78, 5) is 34.9. The number of carbonyl (C=O) groups excluding carboxylic acids is 1. The van der Waals surface area contributed by atoms with E-state index >= 15 is 0 Å². The maximum atomic E-state index is 12.8. The lowest BCUT2D eigenvalue weighted by Crippen LogP contribution is -2.39. The largest absolute Gasteiger partial charge is 0.493 e. The minimum atomic E-state index is -0.254. The molecule has 1 heterocycles. The van der Waals surface area contributed by atoms with Crippen molar-refractivity contribution in [2.24, 2.45) is 0 Å². The van der Waals surface area contributed by atoms with Crippen LogP contribution in [0.25, 0.3) is 10.9 Å². The third kappa shape index (κ3) is 5.01. The molecule has 3 aromatic rings. The molecule has 0 saturated carbocycles. The van der Waals surface area contributed by atoms with Crippen LogP contribution in [0, 0.1) is 0 Å². The van der Waals surface area contributed by atoms with Crippen molar-refractivity contribution in [3.05, 3.63) is 63.7 Å². The molecule has 2 N–H and O–H groups in total. The second kappa shape index (κ2) is 10.0. The fourth-order valence-corrected chi connectivity index (χ4v) is 4.43. The molecule has 0 fully saturated rings. The number of fused-ring (bicyclic) bond motifs is 2. The fraction of sp³-hybridized carbons (Fsp3) is 0.400. The van der Waals surface area contributed by atoms with E-state index in [9.17, 15) is 9.59 Å². The smallest absolute Gasteiger partial charge is 0.258 e. The van der Waals surface area contributed by atoms with Crippen molar-refractivity contribution in [2.45, 2.75) is 38.8 Å². The summed E-state index contributed by atoms with van der Waals surface area (Å²) in [6.07, 6.45) is 3.07. The molecule has 33 heavy (non-hydrogen) atoms. The van der Waals surface area contributed by atoms with Gasteiger partial charge in [0.2, 0.25) is 5.91 Å². The van der Waals surface area contributed by atoms with Crippen LogP contribution in [-0.2, 0) is 17.8 Å². The van der Waals surface area contributed by atoms with Crippen LogP contribution >= 0.6 is 0 Å². The van der Waals surface area contributed by atoms with Crippen molar-refractivity contribution in [2.75, 3.05) is 27.3 Å². The zero-order valence-electron chi connectivity index (χ0n) is 19.3. The van der Waals surface area contributed by atoms with E-state index in [1.807, 2.05) is 24.0 Å². The second-order valence-electron chi connectivity index (χ2n) is 8.25. The van der Waals surface area contributed by atoms with Gasteiger partial charge in [-0.15, -0.1) is 0 Å². The van der Waals surface area contributed by atoms with Crippen LogP contribution in [-0.4, -0.2) is 48.1 Å². The SMILES string of the molecule is CCN(CC(=O)NC1CCCc2ccccc21)Cc1nc2cc(OC)c(OC)cc2c(=O)[nH]1. The summed E-state index contributed by atoms with van der Waals surface area (Å²) in [6.45, 7) is 3.20. The molecule has 1 unspecified atom stereocenters. The maximum Gasteiger partial charge on any atom is 0.258 e. The minimum Gasteiger partial charge on any atom is -0.493 e. The number of nitrogens with one attached hydrogen (secondary N) is 2. The number of nitrogens with zero attached hydrogens (tertiary/aromatic N) is 2. The van der Waals surface area contributed by atoms with Crippen LogP contribution in [0.3, 0.4) is 0 Å². The monoisotopic (exact) mass is 450 g/mol. The van der Waals surface area contributed by atoms with Gasteiger partial charge in [0.25, 0.3) is 5.56 Å². The number of H-pyrrole nitrogens is 1. The topological polar surface area (TPSA) is 96.6 Å². The Bertz CT molecular complexity index is 1210. The van der Waals surface area contributed by atoms with Crippen molar-refractivity contribution < 1.29 is 14.3 Å². The van der Waals surface area contributed by atoms with Crippen molar-refractivity contribution >= 4 is 16.8 Å². The first-order valence-corrected chi connectivity index (χ1v) is 11.3. The van der Waals surface area contributed by atoms with Gasteiger partial charge in [0.05, 0.1) is 44.3 Å².